The fraction of sp³-hybridized carbons (Fsp3) is 0.700. The average Bonchev–Trinajstić information content (AvgIpc) is 2.22. The van der Waals surface area contributed by atoms with Gasteiger partial charge in [-0.15, -0.1) is 0 Å². The van der Waals surface area contributed by atoms with Crippen LogP contribution in [-0.2, 0) is 19.1 Å². The molecule has 0 fully saturated rings. The molecule has 0 aromatic carbocycles. The Labute approximate surface area is 94.7 Å². The second kappa shape index (κ2) is 7.67. The van der Waals surface area contributed by atoms with Gasteiger partial charge in [0.05, 0.1) is 6.61 Å². The number of nitrogens with one attached hydrogen (secondary N) is 2. The van der Waals surface area contributed by atoms with Crippen molar-refractivity contribution in [3.05, 3.63) is 0 Å². The smallest absolute Gasteiger partial charge is 0.325 e. The largest absolute Gasteiger partial charge is 0.465 e. The molecule has 16 heavy (non-hydrogen) atoms. The molecule has 0 saturated carbocycles. The van der Waals surface area contributed by atoms with Crippen LogP contribution >= 0.6 is 0 Å². The van der Waals surface area contributed by atoms with E-state index in [4.69, 9.17) is 0 Å². The van der Waals surface area contributed by atoms with Gasteiger partial charge in [-0.05, 0) is 12.8 Å². The lowest BCUT2D eigenvalue weighted by atomic mass is 10.0. The van der Waals surface area contributed by atoms with Gasteiger partial charge in [0.2, 0.25) is 12.3 Å². The molecule has 6 heteroatoms. The monoisotopic (exact) mass is 230 g/mol. The molecule has 2 amide bonds. The van der Waals surface area contributed by atoms with Gasteiger partial charge >= 0.3 is 5.97 Å². The molecular weight excluding hydrogens is 212 g/mol. The third-order valence-electron chi connectivity index (χ3n) is 1.91. The van der Waals surface area contributed by atoms with Crippen molar-refractivity contribution in [3.63, 3.8) is 0 Å². The number of esters is 1. The highest BCUT2D eigenvalue weighted by atomic mass is 16.5. The van der Waals surface area contributed by atoms with Crippen LogP contribution in [0, 0.1) is 5.92 Å². The van der Waals surface area contributed by atoms with Crippen LogP contribution in [-0.4, -0.2) is 37.5 Å². The van der Waals surface area contributed by atoms with Gasteiger partial charge in [0.1, 0.15) is 12.6 Å². The van der Waals surface area contributed by atoms with Crippen LogP contribution in [0.4, 0.5) is 0 Å². The molecule has 0 rings (SSSR count). The van der Waals surface area contributed by atoms with Gasteiger partial charge < -0.3 is 15.4 Å². The van der Waals surface area contributed by atoms with E-state index in [1.165, 1.54) is 0 Å². The molecule has 0 aromatic heterocycles. The lowest BCUT2D eigenvalue weighted by molar-refractivity contribution is -0.143. The number of hydrogen-bond acceptors (Lipinski definition) is 4. The second-order valence-electron chi connectivity index (χ2n) is 3.53. The minimum atomic E-state index is -0.632. The minimum Gasteiger partial charge on any atom is -0.465 e. The van der Waals surface area contributed by atoms with Gasteiger partial charge in [-0.2, -0.15) is 0 Å². The average molecular weight is 230 g/mol. The van der Waals surface area contributed by atoms with Gasteiger partial charge in [-0.3, -0.25) is 14.4 Å². The zero-order valence-electron chi connectivity index (χ0n) is 9.78. The van der Waals surface area contributed by atoms with Gasteiger partial charge in [-0.1, -0.05) is 13.8 Å². The van der Waals surface area contributed by atoms with Gasteiger partial charge in [-0.25, -0.2) is 0 Å². The fourth-order valence-corrected chi connectivity index (χ4v) is 1.13. The first-order chi connectivity index (χ1) is 7.52. The van der Waals surface area contributed by atoms with Crippen molar-refractivity contribution < 1.29 is 19.1 Å². The second-order valence-corrected chi connectivity index (χ2v) is 3.53. The van der Waals surface area contributed by atoms with Crippen LogP contribution in [0.3, 0.4) is 0 Å². The van der Waals surface area contributed by atoms with Gasteiger partial charge in [0.15, 0.2) is 0 Å². The number of amides is 2. The number of ether oxygens (including phenoxy) is 1. The Hall–Kier alpha value is -1.59. The van der Waals surface area contributed by atoms with Crippen LogP contribution in [0.5, 0.6) is 0 Å². The third kappa shape index (κ3) is 5.33. The molecule has 0 radical (unpaired) electrons. The van der Waals surface area contributed by atoms with Crippen molar-refractivity contribution in [1.29, 1.82) is 0 Å². The number of carbonyl (C=O) groups excluding carboxylic acids is 3. The molecule has 0 heterocycles. The SMILES string of the molecule is CCOC(=O)CNC(=O)C(NC=O)C(C)C. The predicted molar refractivity (Wildman–Crippen MR) is 57.5 cm³/mol. The highest BCUT2D eigenvalue weighted by Crippen LogP contribution is 2.00. The first-order valence-electron chi connectivity index (χ1n) is 5.16. The summed E-state index contributed by atoms with van der Waals surface area (Å²) in [7, 11) is 0. The summed E-state index contributed by atoms with van der Waals surface area (Å²) in [6.45, 7) is 5.37. The minimum absolute atomic E-state index is 0.0487. The maximum Gasteiger partial charge on any atom is 0.325 e. The maximum atomic E-state index is 11.5. The van der Waals surface area contributed by atoms with E-state index in [0.717, 1.165) is 0 Å². The Balaban J connectivity index is 4.10. The highest BCUT2D eigenvalue weighted by Gasteiger charge is 2.21. The summed E-state index contributed by atoms with van der Waals surface area (Å²) >= 11 is 0. The summed E-state index contributed by atoms with van der Waals surface area (Å²) < 4.78 is 4.65. The standard InChI is InChI=1S/C10H18N2O4/c1-4-16-8(14)5-11-10(15)9(7(2)3)12-6-13/h6-7,9H,4-5H2,1-3H3,(H,11,15)(H,12,13). The van der Waals surface area contributed by atoms with Crippen molar-refractivity contribution in [1.82, 2.24) is 10.6 Å². The number of carbonyl (C=O) groups is 3. The molecular formula is C10H18N2O4. The van der Waals surface area contributed by atoms with E-state index in [0.29, 0.717) is 6.41 Å². The van der Waals surface area contributed by atoms with Crippen LogP contribution in [0.1, 0.15) is 20.8 Å². The molecule has 6 nitrogen and oxygen atoms in total. The Morgan fingerprint density at radius 1 is 1.38 bits per heavy atom. The topological polar surface area (TPSA) is 84.5 Å². The molecule has 0 aliphatic carbocycles. The van der Waals surface area contributed by atoms with Crippen molar-refractivity contribution in [2.75, 3.05) is 13.2 Å². The summed E-state index contributed by atoms with van der Waals surface area (Å²) in [6.07, 6.45) is 0.467. The van der Waals surface area contributed by atoms with Crippen LogP contribution in [0.25, 0.3) is 0 Å². The van der Waals surface area contributed by atoms with Crippen molar-refractivity contribution in [2.24, 2.45) is 5.92 Å². The Morgan fingerprint density at radius 2 is 2.00 bits per heavy atom. The van der Waals surface area contributed by atoms with Crippen molar-refractivity contribution >= 4 is 18.3 Å². The van der Waals surface area contributed by atoms with E-state index in [1.54, 1.807) is 20.8 Å². The van der Waals surface area contributed by atoms with E-state index in [9.17, 15) is 14.4 Å². The van der Waals surface area contributed by atoms with E-state index in [-0.39, 0.29) is 19.1 Å². The fourth-order valence-electron chi connectivity index (χ4n) is 1.13. The summed E-state index contributed by atoms with van der Waals surface area (Å²) in [5, 5.41) is 4.79. The van der Waals surface area contributed by atoms with Gasteiger partial charge in [0.25, 0.3) is 0 Å². The van der Waals surface area contributed by atoms with E-state index in [2.05, 4.69) is 15.4 Å². The number of hydrogen-bond donors (Lipinski definition) is 2. The van der Waals surface area contributed by atoms with E-state index >= 15 is 0 Å². The summed E-state index contributed by atoms with van der Waals surface area (Å²) in [5.74, 6) is -0.938. The van der Waals surface area contributed by atoms with E-state index < -0.39 is 17.9 Å². The Kier molecular flexibility index (Phi) is 6.91. The van der Waals surface area contributed by atoms with Crippen molar-refractivity contribution in [2.45, 2.75) is 26.8 Å². The summed E-state index contributed by atoms with van der Waals surface area (Å²) in [6, 6.07) is -0.632. The predicted octanol–water partition coefficient (Wildman–Crippen LogP) is -0.564. The molecule has 2 N–H and O–H groups in total. The molecule has 0 bridgehead atoms. The Bertz CT molecular complexity index is 253. The van der Waals surface area contributed by atoms with Gasteiger partial charge in [0, 0.05) is 0 Å². The molecule has 1 atom stereocenters. The molecule has 0 aromatic rings. The molecule has 0 aliphatic rings. The lowest BCUT2D eigenvalue weighted by Crippen LogP contribution is -2.48. The molecule has 92 valence electrons. The normalized spacial score (nSPS) is 11.8. The van der Waals surface area contributed by atoms with Crippen LogP contribution in [0.2, 0.25) is 0 Å². The maximum absolute atomic E-state index is 11.5. The lowest BCUT2D eigenvalue weighted by Gasteiger charge is -2.18. The summed E-state index contributed by atoms with van der Waals surface area (Å²) in [4.78, 5) is 32.8. The molecule has 0 spiro atoms. The number of rotatable bonds is 7. The quantitative estimate of drug-likeness (QED) is 0.453. The zero-order chi connectivity index (χ0) is 12.6. The molecule has 0 aliphatic heterocycles. The molecule has 1 unspecified atom stereocenters. The van der Waals surface area contributed by atoms with Crippen LogP contribution in [0.15, 0.2) is 0 Å². The first-order valence-corrected chi connectivity index (χ1v) is 5.16. The van der Waals surface area contributed by atoms with Crippen molar-refractivity contribution in [3.8, 4) is 0 Å². The van der Waals surface area contributed by atoms with Crippen LogP contribution < -0.4 is 10.6 Å². The zero-order valence-corrected chi connectivity index (χ0v) is 9.78. The highest BCUT2D eigenvalue weighted by molar-refractivity contribution is 5.87. The summed E-state index contributed by atoms with van der Waals surface area (Å²) in [5.41, 5.74) is 0. The first kappa shape index (κ1) is 14.4. The Morgan fingerprint density at radius 3 is 2.44 bits per heavy atom. The molecule has 0 saturated heterocycles. The third-order valence-corrected chi connectivity index (χ3v) is 1.91. The van der Waals surface area contributed by atoms with E-state index in [1.807, 2.05) is 0 Å².